The summed E-state index contributed by atoms with van der Waals surface area (Å²) in [4.78, 5) is 4.53. The van der Waals surface area contributed by atoms with E-state index in [0.717, 1.165) is 35.2 Å². The second kappa shape index (κ2) is 5.00. The van der Waals surface area contributed by atoms with Gasteiger partial charge in [-0.15, -0.1) is 0 Å². The average Bonchev–Trinajstić information content (AvgIpc) is 2.26. The topological polar surface area (TPSA) is 24.9 Å². The second-order valence-corrected chi connectivity index (χ2v) is 4.89. The molecule has 2 aromatic rings. The van der Waals surface area contributed by atoms with Crippen LogP contribution in [0.3, 0.4) is 0 Å². The molecule has 0 saturated heterocycles. The van der Waals surface area contributed by atoms with Gasteiger partial charge in [0.15, 0.2) is 0 Å². The van der Waals surface area contributed by atoms with Crippen LogP contribution in [0.1, 0.15) is 18.9 Å². The van der Waals surface area contributed by atoms with Gasteiger partial charge < -0.3 is 5.32 Å². The number of hydrogen-bond acceptors (Lipinski definition) is 2. The number of halogens is 2. The molecular weight excluding hydrogens is 283 g/mol. The molecule has 0 aliphatic heterocycles. The number of hydrogen-bond donors (Lipinski definition) is 1. The zero-order valence-electron chi connectivity index (χ0n) is 9.85. The molecule has 4 heteroatoms. The SMILES string of the molecule is CCCNc1nc2c(Br)cc(F)cc2cc1C. The van der Waals surface area contributed by atoms with E-state index < -0.39 is 0 Å². The molecule has 0 atom stereocenters. The van der Waals surface area contributed by atoms with Gasteiger partial charge >= 0.3 is 0 Å². The molecule has 0 amide bonds. The van der Waals surface area contributed by atoms with Crippen LogP contribution in [0.15, 0.2) is 22.7 Å². The molecule has 17 heavy (non-hydrogen) atoms. The minimum Gasteiger partial charge on any atom is -0.370 e. The number of nitrogens with zero attached hydrogens (tertiary/aromatic N) is 1. The quantitative estimate of drug-likeness (QED) is 0.915. The van der Waals surface area contributed by atoms with Gasteiger partial charge in [-0.2, -0.15) is 0 Å². The summed E-state index contributed by atoms with van der Waals surface area (Å²) in [5.74, 6) is 0.617. The summed E-state index contributed by atoms with van der Waals surface area (Å²) in [6.07, 6.45) is 1.05. The van der Waals surface area contributed by atoms with E-state index in [-0.39, 0.29) is 5.82 Å². The van der Waals surface area contributed by atoms with E-state index in [2.05, 4.69) is 33.2 Å². The van der Waals surface area contributed by atoms with Crippen LogP contribution >= 0.6 is 15.9 Å². The van der Waals surface area contributed by atoms with Crippen LogP contribution in [0.4, 0.5) is 10.2 Å². The van der Waals surface area contributed by atoms with Crippen molar-refractivity contribution in [1.82, 2.24) is 4.98 Å². The van der Waals surface area contributed by atoms with E-state index >= 15 is 0 Å². The predicted molar refractivity (Wildman–Crippen MR) is 72.9 cm³/mol. The molecule has 1 N–H and O–H groups in total. The number of pyridine rings is 1. The highest BCUT2D eigenvalue weighted by Crippen LogP contribution is 2.27. The number of anilines is 1. The molecule has 1 heterocycles. The van der Waals surface area contributed by atoms with Gasteiger partial charge in [0, 0.05) is 16.4 Å². The normalized spacial score (nSPS) is 10.8. The Morgan fingerprint density at radius 3 is 2.82 bits per heavy atom. The van der Waals surface area contributed by atoms with E-state index in [4.69, 9.17) is 0 Å². The minimum absolute atomic E-state index is 0.250. The van der Waals surface area contributed by atoms with Crippen molar-refractivity contribution in [3.8, 4) is 0 Å². The van der Waals surface area contributed by atoms with Crippen LogP contribution < -0.4 is 5.32 Å². The van der Waals surface area contributed by atoms with Crippen molar-refractivity contribution < 1.29 is 4.39 Å². The summed E-state index contributed by atoms with van der Waals surface area (Å²) in [6, 6.07) is 4.89. The van der Waals surface area contributed by atoms with Gasteiger partial charge in [-0.1, -0.05) is 6.92 Å². The van der Waals surface area contributed by atoms with Crippen molar-refractivity contribution in [2.45, 2.75) is 20.3 Å². The Labute approximate surface area is 108 Å². The highest BCUT2D eigenvalue weighted by atomic mass is 79.9. The van der Waals surface area contributed by atoms with Crippen molar-refractivity contribution in [2.75, 3.05) is 11.9 Å². The Morgan fingerprint density at radius 1 is 1.35 bits per heavy atom. The zero-order chi connectivity index (χ0) is 12.4. The summed E-state index contributed by atoms with van der Waals surface area (Å²) in [7, 11) is 0. The van der Waals surface area contributed by atoms with E-state index in [0.29, 0.717) is 4.47 Å². The number of fused-ring (bicyclic) bond motifs is 1. The molecule has 0 aliphatic rings. The van der Waals surface area contributed by atoms with Crippen LogP contribution in [0.2, 0.25) is 0 Å². The largest absolute Gasteiger partial charge is 0.370 e. The Hall–Kier alpha value is -1.16. The third-order valence-corrected chi connectivity index (χ3v) is 3.17. The molecule has 0 fully saturated rings. The Balaban J connectivity index is 2.55. The van der Waals surface area contributed by atoms with Gasteiger partial charge in [-0.05, 0) is 53.0 Å². The number of nitrogens with one attached hydrogen (secondary N) is 1. The van der Waals surface area contributed by atoms with Crippen molar-refractivity contribution in [3.63, 3.8) is 0 Å². The van der Waals surface area contributed by atoms with Crippen LogP contribution in [-0.2, 0) is 0 Å². The maximum atomic E-state index is 13.3. The summed E-state index contributed by atoms with van der Waals surface area (Å²) < 4.78 is 13.9. The molecule has 1 aromatic carbocycles. The van der Waals surface area contributed by atoms with Crippen molar-refractivity contribution in [2.24, 2.45) is 0 Å². The summed E-state index contributed by atoms with van der Waals surface area (Å²) in [6.45, 7) is 4.97. The van der Waals surface area contributed by atoms with Gasteiger partial charge in [0.05, 0.1) is 5.52 Å². The lowest BCUT2D eigenvalue weighted by Crippen LogP contribution is -2.04. The first kappa shape index (κ1) is 12.3. The predicted octanol–water partition coefficient (Wildman–Crippen LogP) is 4.27. The number of rotatable bonds is 3. The molecule has 1 aromatic heterocycles. The van der Waals surface area contributed by atoms with Gasteiger partial charge in [-0.25, -0.2) is 9.37 Å². The molecule has 0 radical (unpaired) electrons. The fraction of sp³-hybridized carbons (Fsp3) is 0.308. The molecule has 0 unspecified atom stereocenters. The van der Waals surface area contributed by atoms with E-state index in [1.807, 2.05) is 13.0 Å². The lowest BCUT2D eigenvalue weighted by molar-refractivity contribution is 0.629. The standard InChI is InChI=1S/C13H14BrFN2/c1-3-4-16-13-8(2)5-9-6-10(15)7-11(14)12(9)17-13/h5-7H,3-4H2,1-2H3,(H,16,17). The van der Waals surface area contributed by atoms with Gasteiger partial charge in [-0.3, -0.25) is 0 Å². The van der Waals surface area contributed by atoms with Crippen molar-refractivity contribution in [3.05, 3.63) is 34.1 Å². The molecule has 0 bridgehead atoms. The smallest absolute Gasteiger partial charge is 0.129 e. The van der Waals surface area contributed by atoms with Gasteiger partial charge in [0.1, 0.15) is 11.6 Å². The van der Waals surface area contributed by atoms with Gasteiger partial charge in [0.25, 0.3) is 0 Å². The molecule has 0 spiro atoms. The second-order valence-electron chi connectivity index (χ2n) is 4.04. The van der Waals surface area contributed by atoms with E-state index in [9.17, 15) is 4.39 Å². The fourth-order valence-electron chi connectivity index (χ4n) is 1.74. The number of aromatic nitrogens is 1. The summed E-state index contributed by atoms with van der Waals surface area (Å²) in [5, 5.41) is 4.09. The number of benzene rings is 1. The van der Waals surface area contributed by atoms with Crippen LogP contribution in [0, 0.1) is 12.7 Å². The Bertz CT molecular complexity index is 555. The molecular formula is C13H14BrFN2. The molecule has 2 rings (SSSR count). The van der Waals surface area contributed by atoms with E-state index in [1.165, 1.54) is 12.1 Å². The van der Waals surface area contributed by atoms with Crippen LogP contribution in [-0.4, -0.2) is 11.5 Å². The monoisotopic (exact) mass is 296 g/mol. The lowest BCUT2D eigenvalue weighted by Gasteiger charge is -2.10. The first-order valence-electron chi connectivity index (χ1n) is 5.62. The maximum Gasteiger partial charge on any atom is 0.129 e. The zero-order valence-corrected chi connectivity index (χ0v) is 11.4. The fourth-order valence-corrected chi connectivity index (χ4v) is 2.27. The minimum atomic E-state index is -0.250. The third kappa shape index (κ3) is 2.57. The average molecular weight is 297 g/mol. The maximum absolute atomic E-state index is 13.3. The van der Waals surface area contributed by atoms with Gasteiger partial charge in [0.2, 0.25) is 0 Å². The molecule has 0 aliphatic carbocycles. The molecule has 2 nitrogen and oxygen atoms in total. The van der Waals surface area contributed by atoms with Crippen molar-refractivity contribution >= 4 is 32.7 Å². The van der Waals surface area contributed by atoms with Crippen LogP contribution in [0.25, 0.3) is 10.9 Å². The summed E-state index contributed by atoms with van der Waals surface area (Å²) >= 11 is 3.34. The first-order valence-corrected chi connectivity index (χ1v) is 6.41. The summed E-state index contributed by atoms with van der Waals surface area (Å²) in [5.41, 5.74) is 1.82. The van der Waals surface area contributed by atoms with Crippen LogP contribution in [0.5, 0.6) is 0 Å². The Morgan fingerprint density at radius 2 is 2.12 bits per heavy atom. The third-order valence-electron chi connectivity index (χ3n) is 2.57. The lowest BCUT2D eigenvalue weighted by atomic mass is 10.1. The molecule has 0 saturated carbocycles. The van der Waals surface area contributed by atoms with Crippen molar-refractivity contribution in [1.29, 1.82) is 0 Å². The highest BCUT2D eigenvalue weighted by molar-refractivity contribution is 9.10. The molecule has 90 valence electrons. The first-order chi connectivity index (χ1) is 8.11. The number of aryl methyl sites for hydroxylation is 1. The highest BCUT2D eigenvalue weighted by Gasteiger charge is 2.07. The Kier molecular flexibility index (Phi) is 3.62. The van der Waals surface area contributed by atoms with E-state index in [1.54, 1.807) is 0 Å².